The van der Waals surface area contributed by atoms with E-state index in [4.69, 9.17) is 0 Å². The van der Waals surface area contributed by atoms with Crippen LogP contribution >= 0.6 is 0 Å². The van der Waals surface area contributed by atoms with Crippen LogP contribution in [0.15, 0.2) is 53.6 Å². The molecule has 1 saturated heterocycles. The molecule has 144 valence electrons. The van der Waals surface area contributed by atoms with E-state index in [9.17, 15) is 8.42 Å². The highest BCUT2D eigenvalue weighted by atomic mass is 32.2. The Bertz CT molecular complexity index is 859. The van der Waals surface area contributed by atoms with Crippen LogP contribution in [0.2, 0.25) is 0 Å². The maximum Gasteiger partial charge on any atom is 0.244 e. The minimum absolute atomic E-state index is 0.284. The van der Waals surface area contributed by atoms with Crippen molar-refractivity contribution in [3.63, 3.8) is 0 Å². The zero-order valence-corrected chi connectivity index (χ0v) is 16.5. The number of nitrogens with zero attached hydrogens (tertiary/aromatic N) is 4. The summed E-state index contributed by atoms with van der Waals surface area (Å²) in [5.74, 6) is 0.846. The third-order valence-corrected chi connectivity index (χ3v) is 7.18. The summed E-state index contributed by atoms with van der Waals surface area (Å²) in [5.41, 5.74) is 1.24. The highest BCUT2D eigenvalue weighted by molar-refractivity contribution is 7.89. The van der Waals surface area contributed by atoms with Gasteiger partial charge < -0.3 is 9.80 Å². The molecule has 2 heterocycles. The Morgan fingerprint density at radius 2 is 1.74 bits per heavy atom. The minimum Gasteiger partial charge on any atom is -0.349 e. The molecule has 2 aromatic rings. The SMILES string of the molecule is CN1CCN(S(=O)(=O)c2ccc(N(Cc3ccccc3)C3CC3)nc2)CC1. The number of anilines is 1. The van der Waals surface area contributed by atoms with Crippen molar-refractivity contribution in [2.45, 2.75) is 30.3 Å². The Balaban J connectivity index is 1.52. The van der Waals surface area contributed by atoms with Gasteiger partial charge in [0, 0.05) is 45.0 Å². The first-order chi connectivity index (χ1) is 13.0. The molecule has 0 unspecified atom stereocenters. The molecular weight excluding hydrogens is 360 g/mol. The van der Waals surface area contributed by atoms with Crippen molar-refractivity contribution in [3.05, 3.63) is 54.2 Å². The molecule has 1 aliphatic heterocycles. The summed E-state index contributed by atoms with van der Waals surface area (Å²) in [6.45, 7) is 3.38. The van der Waals surface area contributed by atoms with E-state index in [-0.39, 0.29) is 4.90 Å². The molecule has 4 rings (SSSR count). The zero-order chi connectivity index (χ0) is 18.9. The van der Waals surface area contributed by atoms with E-state index in [0.29, 0.717) is 19.1 Å². The number of pyridine rings is 1. The maximum atomic E-state index is 12.9. The molecule has 1 aromatic carbocycles. The second-order valence-corrected chi connectivity index (χ2v) is 9.34. The molecule has 0 radical (unpaired) electrons. The second kappa shape index (κ2) is 7.58. The lowest BCUT2D eigenvalue weighted by atomic mass is 10.2. The molecule has 27 heavy (non-hydrogen) atoms. The number of hydrogen-bond donors (Lipinski definition) is 0. The van der Waals surface area contributed by atoms with Crippen molar-refractivity contribution in [1.82, 2.24) is 14.2 Å². The van der Waals surface area contributed by atoms with E-state index in [0.717, 1.165) is 38.3 Å². The van der Waals surface area contributed by atoms with E-state index in [2.05, 4.69) is 26.9 Å². The van der Waals surface area contributed by atoms with Crippen LogP contribution in [-0.2, 0) is 16.6 Å². The molecule has 1 aliphatic carbocycles. The summed E-state index contributed by atoms with van der Waals surface area (Å²) >= 11 is 0. The fourth-order valence-corrected chi connectivity index (χ4v) is 4.80. The predicted octanol–water partition coefficient (Wildman–Crippen LogP) is 2.19. The van der Waals surface area contributed by atoms with Gasteiger partial charge in [0.2, 0.25) is 10.0 Å². The molecular formula is C20H26N4O2S. The molecule has 0 atom stereocenters. The van der Waals surface area contributed by atoms with Crippen molar-refractivity contribution in [2.24, 2.45) is 0 Å². The third kappa shape index (κ3) is 4.15. The molecule has 1 saturated carbocycles. The average Bonchev–Trinajstić information content (AvgIpc) is 3.53. The standard InChI is InChI=1S/C20H26N4O2S/c1-22-11-13-23(14-12-22)27(25,26)19-9-10-20(21-15-19)24(18-7-8-18)16-17-5-3-2-4-6-17/h2-6,9-10,15,18H,7-8,11-14,16H2,1H3. The third-order valence-electron chi connectivity index (χ3n) is 5.30. The van der Waals surface area contributed by atoms with Crippen LogP contribution in [-0.4, -0.2) is 61.9 Å². The predicted molar refractivity (Wildman–Crippen MR) is 106 cm³/mol. The van der Waals surface area contributed by atoms with Gasteiger partial charge in [0.25, 0.3) is 0 Å². The van der Waals surface area contributed by atoms with Crippen molar-refractivity contribution in [3.8, 4) is 0 Å². The van der Waals surface area contributed by atoms with Gasteiger partial charge in [0.1, 0.15) is 10.7 Å². The van der Waals surface area contributed by atoms with Gasteiger partial charge in [-0.2, -0.15) is 4.31 Å². The maximum absolute atomic E-state index is 12.9. The van der Waals surface area contributed by atoms with Crippen LogP contribution in [0.25, 0.3) is 0 Å². The molecule has 6 nitrogen and oxygen atoms in total. The summed E-state index contributed by atoms with van der Waals surface area (Å²) in [5, 5.41) is 0. The molecule has 1 aromatic heterocycles. The Hall–Kier alpha value is -1.96. The van der Waals surface area contributed by atoms with Gasteiger partial charge in [0.15, 0.2) is 0 Å². The van der Waals surface area contributed by atoms with Crippen LogP contribution in [0.4, 0.5) is 5.82 Å². The fraction of sp³-hybridized carbons (Fsp3) is 0.450. The first-order valence-corrected chi connectivity index (χ1v) is 10.9. The summed E-state index contributed by atoms with van der Waals surface area (Å²) in [6, 6.07) is 14.4. The first kappa shape index (κ1) is 18.4. The summed E-state index contributed by atoms with van der Waals surface area (Å²) < 4.78 is 27.3. The number of likely N-dealkylation sites (N-methyl/N-ethyl adjacent to an activating group) is 1. The van der Waals surface area contributed by atoms with Crippen LogP contribution < -0.4 is 4.90 Å². The Morgan fingerprint density at radius 1 is 1.04 bits per heavy atom. The number of rotatable bonds is 6. The van der Waals surface area contributed by atoms with Gasteiger partial charge in [-0.3, -0.25) is 0 Å². The van der Waals surface area contributed by atoms with Gasteiger partial charge in [-0.15, -0.1) is 0 Å². The molecule has 2 fully saturated rings. The van der Waals surface area contributed by atoms with E-state index >= 15 is 0 Å². The zero-order valence-electron chi connectivity index (χ0n) is 15.7. The number of hydrogen-bond acceptors (Lipinski definition) is 5. The number of piperazine rings is 1. The Morgan fingerprint density at radius 3 is 2.33 bits per heavy atom. The van der Waals surface area contributed by atoms with Crippen LogP contribution in [0.5, 0.6) is 0 Å². The van der Waals surface area contributed by atoms with Crippen molar-refractivity contribution in [2.75, 3.05) is 38.1 Å². The normalized spacial score (nSPS) is 19.1. The lowest BCUT2D eigenvalue weighted by Crippen LogP contribution is -2.47. The summed E-state index contributed by atoms with van der Waals surface area (Å²) in [4.78, 5) is 9.23. The summed E-state index contributed by atoms with van der Waals surface area (Å²) in [7, 11) is -1.45. The fourth-order valence-electron chi connectivity index (χ4n) is 3.44. The number of aromatic nitrogens is 1. The van der Waals surface area contributed by atoms with Crippen molar-refractivity contribution < 1.29 is 8.42 Å². The topological polar surface area (TPSA) is 56.8 Å². The Kier molecular flexibility index (Phi) is 5.16. The van der Waals surface area contributed by atoms with E-state index < -0.39 is 10.0 Å². The lowest BCUT2D eigenvalue weighted by Gasteiger charge is -2.31. The van der Waals surface area contributed by atoms with E-state index in [1.165, 1.54) is 11.8 Å². The van der Waals surface area contributed by atoms with Crippen molar-refractivity contribution in [1.29, 1.82) is 0 Å². The monoisotopic (exact) mass is 386 g/mol. The molecule has 0 spiro atoms. The van der Waals surface area contributed by atoms with Crippen LogP contribution in [0.3, 0.4) is 0 Å². The highest BCUT2D eigenvalue weighted by Gasteiger charge is 2.31. The van der Waals surface area contributed by atoms with E-state index in [1.807, 2.05) is 31.3 Å². The smallest absolute Gasteiger partial charge is 0.244 e. The molecule has 0 bridgehead atoms. The van der Waals surface area contributed by atoms with Gasteiger partial charge in [-0.05, 0) is 37.6 Å². The lowest BCUT2D eigenvalue weighted by molar-refractivity contribution is 0.222. The second-order valence-electron chi connectivity index (χ2n) is 7.40. The van der Waals surface area contributed by atoms with E-state index in [1.54, 1.807) is 10.4 Å². The number of benzene rings is 1. The average molecular weight is 387 g/mol. The highest BCUT2D eigenvalue weighted by Crippen LogP contribution is 2.32. The van der Waals surface area contributed by atoms with Crippen LogP contribution in [0, 0.1) is 0 Å². The molecule has 0 amide bonds. The van der Waals surface area contributed by atoms with Crippen molar-refractivity contribution >= 4 is 15.8 Å². The molecule has 0 N–H and O–H groups in total. The number of sulfonamides is 1. The molecule has 7 heteroatoms. The van der Waals surface area contributed by atoms with Gasteiger partial charge in [-0.25, -0.2) is 13.4 Å². The van der Waals surface area contributed by atoms with Gasteiger partial charge in [-0.1, -0.05) is 30.3 Å². The van der Waals surface area contributed by atoms with Gasteiger partial charge >= 0.3 is 0 Å². The first-order valence-electron chi connectivity index (χ1n) is 9.49. The van der Waals surface area contributed by atoms with Crippen LogP contribution in [0.1, 0.15) is 18.4 Å². The molecule has 2 aliphatic rings. The summed E-state index contributed by atoms with van der Waals surface area (Å²) in [6.07, 6.45) is 3.84. The van der Waals surface area contributed by atoms with Gasteiger partial charge in [0.05, 0.1) is 0 Å². The Labute approximate surface area is 161 Å². The quantitative estimate of drug-likeness (QED) is 0.762. The minimum atomic E-state index is -3.47. The largest absolute Gasteiger partial charge is 0.349 e.